The van der Waals surface area contributed by atoms with Gasteiger partial charge in [-0.25, -0.2) is 4.98 Å². The van der Waals surface area contributed by atoms with Crippen molar-refractivity contribution < 1.29 is 4.74 Å². The van der Waals surface area contributed by atoms with Gasteiger partial charge in [0.25, 0.3) is 0 Å². The summed E-state index contributed by atoms with van der Waals surface area (Å²) in [6.07, 6.45) is 1.67. The lowest BCUT2D eigenvalue weighted by Crippen LogP contribution is -2.00. The van der Waals surface area contributed by atoms with Gasteiger partial charge in [0.2, 0.25) is 0 Å². The highest BCUT2D eigenvalue weighted by Crippen LogP contribution is 2.18. The molecule has 1 aromatic rings. The molecule has 0 aliphatic carbocycles. The third-order valence-corrected chi connectivity index (χ3v) is 1.38. The Labute approximate surface area is 71.9 Å². The maximum absolute atomic E-state index is 5.59. The number of hydrogen-bond acceptors (Lipinski definition) is 3. The van der Waals surface area contributed by atoms with Crippen LogP contribution in [0.2, 0.25) is 0 Å². The van der Waals surface area contributed by atoms with Gasteiger partial charge in [0.1, 0.15) is 6.61 Å². The summed E-state index contributed by atoms with van der Waals surface area (Å²) in [6, 6.07) is 3.66. The van der Waals surface area contributed by atoms with Crippen LogP contribution in [0.4, 0.5) is 5.82 Å². The summed E-state index contributed by atoms with van der Waals surface area (Å²) in [7, 11) is 0. The molecule has 1 heterocycles. The fourth-order valence-electron chi connectivity index (χ4n) is 0.835. The van der Waals surface area contributed by atoms with Crippen LogP contribution >= 0.6 is 0 Å². The summed E-state index contributed by atoms with van der Waals surface area (Å²) in [5, 5.41) is 0. The number of hydrogen-bond donors (Lipinski definition) is 1. The van der Waals surface area contributed by atoms with Crippen molar-refractivity contribution in [1.82, 2.24) is 4.98 Å². The van der Waals surface area contributed by atoms with Crippen molar-refractivity contribution in [1.29, 1.82) is 0 Å². The van der Waals surface area contributed by atoms with Gasteiger partial charge in [-0.15, -0.1) is 0 Å². The Morgan fingerprint density at radius 2 is 2.42 bits per heavy atom. The lowest BCUT2D eigenvalue weighted by Gasteiger charge is -2.05. The monoisotopic (exact) mass is 164 g/mol. The molecule has 12 heavy (non-hydrogen) atoms. The number of anilines is 1. The fourth-order valence-corrected chi connectivity index (χ4v) is 0.835. The topological polar surface area (TPSA) is 48.1 Å². The van der Waals surface area contributed by atoms with Gasteiger partial charge in [-0.1, -0.05) is 12.7 Å². The number of aryl methyl sites for hydroxylation is 1. The molecule has 0 fully saturated rings. The molecule has 3 nitrogen and oxygen atoms in total. The Morgan fingerprint density at radius 3 is 3.00 bits per heavy atom. The number of ether oxygens (including phenoxy) is 1. The van der Waals surface area contributed by atoms with Crippen molar-refractivity contribution >= 4 is 5.82 Å². The van der Waals surface area contributed by atoms with Crippen LogP contribution in [-0.4, -0.2) is 11.6 Å². The van der Waals surface area contributed by atoms with E-state index in [4.69, 9.17) is 10.5 Å². The first-order chi connectivity index (χ1) is 5.74. The van der Waals surface area contributed by atoms with E-state index in [1.54, 1.807) is 12.1 Å². The molecular weight excluding hydrogens is 152 g/mol. The molecule has 0 atom stereocenters. The largest absolute Gasteiger partial charge is 0.486 e. The van der Waals surface area contributed by atoms with Gasteiger partial charge >= 0.3 is 0 Å². The second-order valence-corrected chi connectivity index (χ2v) is 2.44. The minimum atomic E-state index is 0.428. The van der Waals surface area contributed by atoms with E-state index in [-0.39, 0.29) is 0 Å². The van der Waals surface area contributed by atoms with E-state index < -0.39 is 0 Å². The molecule has 1 aromatic heterocycles. The quantitative estimate of drug-likeness (QED) is 0.689. The van der Waals surface area contributed by atoms with E-state index in [9.17, 15) is 0 Å². The van der Waals surface area contributed by atoms with E-state index in [1.807, 2.05) is 13.0 Å². The highest BCUT2D eigenvalue weighted by Gasteiger charge is 1.99. The van der Waals surface area contributed by atoms with Crippen molar-refractivity contribution in [2.75, 3.05) is 12.3 Å². The normalized spacial score (nSPS) is 9.42. The second-order valence-electron chi connectivity index (χ2n) is 2.44. The molecule has 0 aromatic carbocycles. The van der Waals surface area contributed by atoms with Gasteiger partial charge in [0.05, 0.1) is 0 Å². The first-order valence-corrected chi connectivity index (χ1v) is 3.71. The summed E-state index contributed by atoms with van der Waals surface area (Å²) in [5.74, 6) is 1.04. The van der Waals surface area contributed by atoms with Gasteiger partial charge in [-0.2, -0.15) is 0 Å². The number of nitrogens with two attached hydrogens (primary N) is 1. The highest BCUT2D eigenvalue weighted by molar-refractivity contribution is 5.46. The molecule has 1 rings (SSSR count). The third kappa shape index (κ3) is 1.99. The summed E-state index contributed by atoms with van der Waals surface area (Å²) in [4.78, 5) is 4.04. The van der Waals surface area contributed by atoms with Crippen LogP contribution in [0.5, 0.6) is 5.75 Å². The first kappa shape index (κ1) is 8.59. The molecule has 0 saturated heterocycles. The Hall–Kier alpha value is -1.51. The number of nitrogen functional groups attached to an aromatic ring is 1. The van der Waals surface area contributed by atoms with E-state index in [0.29, 0.717) is 18.2 Å². The molecule has 0 spiro atoms. The maximum Gasteiger partial charge on any atom is 0.166 e. The van der Waals surface area contributed by atoms with Crippen LogP contribution in [-0.2, 0) is 0 Å². The zero-order valence-electron chi connectivity index (χ0n) is 7.08. The molecule has 0 amide bonds. The van der Waals surface area contributed by atoms with Gasteiger partial charge < -0.3 is 10.5 Å². The molecule has 64 valence electrons. The number of aromatic nitrogens is 1. The lowest BCUT2D eigenvalue weighted by atomic mass is 10.3. The molecule has 0 radical (unpaired) electrons. The van der Waals surface area contributed by atoms with Crippen LogP contribution in [0.25, 0.3) is 0 Å². The molecule has 2 N–H and O–H groups in total. The van der Waals surface area contributed by atoms with Crippen molar-refractivity contribution in [2.24, 2.45) is 0 Å². The second kappa shape index (κ2) is 3.76. The zero-order valence-corrected chi connectivity index (χ0v) is 7.08. The molecule has 0 aliphatic rings. The summed E-state index contributed by atoms with van der Waals surface area (Å²) in [5.41, 5.74) is 6.48. The van der Waals surface area contributed by atoms with Gasteiger partial charge in [0, 0.05) is 5.69 Å². The summed E-state index contributed by atoms with van der Waals surface area (Å²) in [6.45, 7) is 5.87. The van der Waals surface area contributed by atoms with E-state index in [1.165, 1.54) is 0 Å². The van der Waals surface area contributed by atoms with Gasteiger partial charge in [-0.05, 0) is 19.1 Å². The number of rotatable bonds is 3. The minimum Gasteiger partial charge on any atom is -0.486 e. The fraction of sp³-hybridized carbons (Fsp3) is 0.222. The Balaban J connectivity index is 2.78. The lowest BCUT2D eigenvalue weighted by molar-refractivity contribution is 0.364. The van der Waals surface area contributed by atoms with Crippen LogP contribution in [0.1, 0.15) is 5.69 Å². The van der Waals surface area contributed by atoms with Crippen molar-refractivity contribution in [3.05, 3.63) is 30.5 Å². The smallest absolute Gasteiger partial charge is 0.166 e. The molecule has 0 saturated carbocycles. The zero-order chi connectivity index (χ0) is 8.97. The Bertz CT molecular complexity index is 284. The van der Waals surface area contributed by atoms with E-state index in [0.717, 1.165) is 5.69 Å². The SMILES string of the molecule is C=CCOc1ccc(C)nc1N. The predicted octanol–water partition coefficient (Wildman–Crippen LogP) is 1.54. The molecule has 0 bridgehead atoms. The van der Waals surface area contributed by atoms with Crippen LogP contribution in [0.15, 0.2) is 24.8 Å². The predicted molar refractivity (Wildman–Crippen MR) is 49.1 cm³/mol. The van der Waals surface area contributed by atoms with Gasteiger partial charge in [0.15, 0.2) is 11.6 Å². The van der Waals surface area contributed by atoms with Crippen LogP contribution in [0, 0.1) is 6.92 Å². The van der Waals surface area contributed by atoms with E-state index >= 15 is 0 Å². The Kier molecular flexibility index (Phi) is 2.69. The standard InChI is InChI=1S/C9H12N2O/c1-3-6-12-8-5-4-7(2)11-9(8)10/h3-5H,1,6H2,2H3,(H2,10,11). The molecule has 3 heteroatoms. The number of nitrogens with zero attached hydrogens (tertiary/aromatic N) is 1. The summed E-state index contributed by atoms with van der Waals surface area (Å²) >= 11 is 0. The highest BCUT2D eigenvalue weighted by atomic mass is 16.5. The van der Waals surface area contributed by atoms with E-state index in [2.05, 4.69) is 11.6 Å². The van der Waals surface area contributed by atoms with Crippen LogP contribution < -0.4 is 10.5 Å². The van der Waals surface area contributed by atoms with Crippen molar-refractivity contribution in [2.45, 2.75) is 6.92 Å². The Morgan fingerprint density at radius 1 is 1.67 bits per heavy atom. The van der Waals surface area contributed by atoms with Crippen molar-refractivity contribution in [3.8, 4) is 5.75 Å². The average Bonchev–Trinajstić information content (AvgIpc) is 2.03. The minimum absolute atomic E-state index is 0.428. The van der Waals surface area contributed by atoms with Gasteiger partial charge in [-0.3, -0.25) is 0 Å². The number of pyridine rings is 1. The molecular formula is C9H12N2O. The molecule has 0 aliphatic heterocycles. The average molecular weight is 164 g/mol. The summed E-state index contributed by atoms with van der Waals surface area (Å²) < 4.78 is 5.24. The molecule has 0 unspecified atom stereocenters. The van der Waals surface area contributed by atoms with Crippen LogP contribution in [0.3, 0.4) is 0 Å². The first-order valence-electron chi connectivity index (χ1n) is 3.71. The van der Waals surface area contributed by atoms with Crippen molar-refractivity contribution in [3.63, 3.8) is 0 Å². The third-order valence-electron chi connectivity index (χ3n) is 1.38. The maximum atomic E-state index is 5.59.